The summed E-state index contributed by atoms with van der Waals surface area (Å²) in [5.41, 5.74) is -1.53. The molecule has 1 atom stereocenters. The lowest BCUT2D eigenvalue weighted by atomic mass is 9.70. The van der Waals surface area contributed by atoms with Gasteiger partial charge in [0.05, 0.1) is 29.4 Å². The Morgan fingerprint density at radius 3 is 2.51 bits per heavy atom. The minimum Gasteiger partial charge on any atom is -0.459 e. The van der Waals surface area contributed by atoms with Crippen LogP contribution in [0.25, 0.3) is 0 Å². The molecule has 2 aliphatic heterocycles. The van der Waals surface area contributed by atoms with Crippen molar-refractivity contribution in [1.29, 1.82) is 5.26 Å². The minimum absolute atomic E-state index is 0.0782. The highest BCUT2D eigenvalue weighted by Crippen LogP contribution is 2.47. The van der Waals surface area contributed by atoms with Gasteiger partial charge < -0.3 is 19.5 Å². The van der Waals surface area contributed by atoms with Crippen molar-refractivity contribution in [3.8, 4) is 6.07 Å². The van der Waals surface area contributed by atoms with Crippen LogP contribution in [0.1, 0.15) is 47.4 Å². The number of halogens is 3. The van der Waals surface area contributed by atoms with Crippen molar-refractivity contribution in [2.45, 2.75) is 37.9 Å². The van der Waals surface area contributed by atoms with E-state index in [1.807, 2.05) is 4.90 Å². The largest absolute Gasteiger partial charge is 0.459 e. The van der Waals surface area contributed by atoms with Gasteiger partial charge in [-0.3, -0.25) is 9.59 Å². The summed E-state index contributed by atoms with van der Waals surface area (Å²) < 4.78 is 45.9. The Bertz CT molecular complexity index is 1160. The number of benzene rings is 1. The number of hydrogen-bond donors (Lipinski definition) is 1. The Morgan fingerprint density at radius 1 is 1.17 bits per heavy atom. The van der Waals surface area contributed by atoms with Gasteiger partial charge in [0.1, 0.15) is 0 Å². The number of nitrogens with one attached hydrogen (secondary N) is 1. The molecule has 10 heteroatoms. The van der Waals surface area contributed by atoms with Gasteiger partial charge in [0, 0.05) is 43.3 Å². The molecule has 1 aromatic heterocycles. The Morgan fingerprint density at radius 2 is 1.91 bits per heavy atom. The fraction of sp³-hybridized carbons (Fsp3) is 0.480. The van der Waals surface area contributed by atoms with Crippen LogP contribution in [0.15, 0.2) is 41.0 Å². The summed E-state index contributed by atoms with van der Waals surface area (Å²) in [5.74, 6) is -0.436. The van der Waals surface area contributed by atoms with Crippen molar-refractivity contribution < 1.29 is 27.2 Å². The van der Waals surface area contributed by atoms with Crippen LogP contribution in [0.3, 0.4) is 0 Å². The van der Waals surface area contributed by atoms with Crippen LogP contribution in [0.4, 0.5) is 18.9 Å². The highest BCUT2D eigenvalue weighted by Gasteiger charge is 2.52. The van der Waals surface area contributed by atoms with E-state index >= 15 is 0 Å². The zero-order chi connectivity index (χ0) is 24.8. The molecule has 3 aliphatic rings. The lowest BCUT2D eigenvalue weighted by molar-refractivity contribution is -0.137. The molecule has 7 nitrogen and oxygen atoms in total. The van der Waals surface area contributed by atoms with Crippen molar-refractivity contribution in [1.82, 2.24) is 10.2 Å². The number of nitrogens with zero attached hydrogens (tertiary/aromatic N) is 3. The number of hydrogen-bond acceptors (Lipinski definition) is 5. The van der Waals surface area contributed by atoms with Gasteiger partial charge in [-0.25, -0.2) is 0 Å². The highest BCUT2D eigenvalue weighted by atomic mass is 19.4. The molecule has 1 spiro atoms. The molecule has 5 rings (SSSR count). The molecule has 1 aromatic carbocycles. The third kappa shape index (κ3) is 4.47. The molecule has 184 valence electrons. The fourth-order valence-corrected chi connectivity index (χ4v) is 5.33. The number of piperidine rings is 1. The number of likely N-dealkylation sites (tertiary alicyclic amines) is 1. The summed E-state index contributed by atoms with van der Waals surface area (Å²) in [6.07, 6.45) is -0.226. The molecule has 1 saturated carbocycles. The highest BCUT2D eigenvalue weighted by molar-refractivity contribution is 5.91. The van der Waals surface area contributed by atoms with E-state index in [1.54, 1.807) is 23.1 Å². The number of furan rings is 1. The van der Waals surface area contributed by atoms with Gasteiger partial charge in [0.2, 0.25) is 5.91 Å². The van der Waals surface area contributed by atoms with Gasteiger partial charge in [-0.1, -0.05) is 0 Å². The van der Waals surface area contributed by atoms with E-state index in [2.05, 4.69) is 5.32 Å². The van der Waals surface area contributed by atoms with Crippen molar-refractivity contribution in [2.24, 2.45) is 11.3 Å². The second-order valence-corrected chi connectivity index (χ2v) is 9.69. The number of amides is 2. The maximum Gasteiger partial charge on any atom is 0.417 e. The average Bonchev–Trinajstić information content (AvgIpc) is 3.33. The monoisotopic (exact) mass is 486 g/mol. The Labute approximate surface area is 200 Å². The van der Waals surface area contributed by atoms with Gasteiger partial charge in [0.25, 0.3) is 5.91 Å². The molecule has 2 aromatic rings. The number of nitriles is 1. The van der Waals surface area contributed by atoms with Crippen LogP contribution in [0.5, 0.6) is 0 Å². The first-order valence-electron chi connectivity index (χ1n) is 11.7. The van der Waals surface area contributed by atoms with Crippen molar-refractivity contribution >= 4 is 17.5 Å². The third-order valence-electron chi connectivity index (χ3n) is 7.46. The smallest absolute Gasteiger partial charge is 0.417 e. The van der Waals surface area contributed by atoms with Crippen LogP contribution >= 0.6 is 0 Å². The second kappa shape index (κ2) is 8.63. The first-order valence-corrected chi connectivity index (χ1v) is 11.7. The van der Waals surface area contributed by atoms with Gasteiger partial charge in [0.15, 0.2) is 5.76 Å². The van der Waals surface area contributed by atoms with E-state index in [0.29, 0.717) is 38.2 Å². The summed E-state index contributed by atoms with van der Waals surface area (Å²) in [6, 6.07) is 8.74. The maximum atomic E-state index is 13.6. The first-order chi connectivity index (χ1) is 16.7. The first kappa shape index (κ1) is 23.3. The van der Waals surface area contributed by atoms with Crippen molar-refractivity contribution in [3.63, 3.8) is 0 Å². The number of carbonyl (C=O) groups is 2. The molecule has 35 heavy (non-hydrogen) atoms. The molecular formula is C25H25F3N4O3. The lowest BCUT2D eigenvalue weighted by Crippen LogP contribution is -2.50. The quantitative estimate of drug-likeness (QED) is 0.710. The lowest BCUT2D eigenvalue weighted by Gasteiger charge is -2.41. The summed E-state index contributed by atoms with van der Waals surface area (Å²) >= 11 is 0. The molecule has 0 radical (unpaired) electrons. The molecule has 2 amide bonds. The van der Waals surface area contributed by atoms with Gasteiger partial charge in [-0.2, -0.15) is 18.4 Å². The second-order valence-electron chi connectivity index (χ2n) is 9.69. The standard InChI is InChI=1S/C25H25F3N4O3/c26-25(27,28)19-12-18(6-3-16(19)13-29)32-14-20(22(33)30-17-4-5-17)24(15-32)7-9-31(10-8-24)23(34)21-2-1-11-35-21/h1-3,6,11-12,17,20H,4-5,7-10,14-15H2,(H,30,33). The average molecular weight is 486 g/mol. The molecule has 3 fully saturated rings. The number of alkyl halides is 3. The third-order valence-corrected chi connectivity index (χ3v) is 7.46. The molecule has 1 aliphatic carbocycles. The van der Waals surface area contributed by atoms with Crippen LogP contribution in [-0.4, -0.2) is 48.9 Å². The van der Waals surface area contributed by atoms with Crippen LogP contribution in [0.2, 0.25) is 0 Å². The van der Waals surface area contributed by atoms with E-state index < -0.39 is 28.6 Å². The maximum absolute atomic E-state index is 13.6. The van der Waals surface area contributed by atoms with E-state index in [0.717, 1.165) is 18.9 Å². The van der Waals surface area contributed by atoms with Gasteiger partial charge >= 0.3 is 6.18 Å². The topological polar surface area (TPSA) is 89.6 Å². The van der Waals surface area contributed by atoms with Crippen molar-refractivity contribution in [2.75, 3.05) is 31.1 Å². The van der Waals surface area contributed by atoms with Crippen LogP contribution in [-0.2, 0) is 11.0 Å². The Hall–Kier alpha value is -3.48. The normalized spacial score (nSPS) is 21.7. The predicted octanol–water partition coefficient (Wildman–Crippen LogP) is 3.81. The summed E-state index contributed by atoms with van der Waals surface area (Å²) in [4.78, 5) is 29.5. The fourth-order valence-electron chi connectivity index (χ4n) is 5.33. The Balaban J connectivity index is 1.40. The van der Waals surface area contributed by atoms with Crippen molar-refractivity contribution in [3.05, 3.63) is 53.5 Å². The molecule has 1 N–H and O–H groups in total. The molecule has 0 bridgehead atoms. The van der Waals surface area contributed by atoms with E-state index in [-0.39, 0.29) is 30.2 Å². The molecular weight excluding hydrogens is 461 g/mol. The molecule has 1 unspecified atom stereocenters. The number of anilines is 1. The van der Waals surface area contributed by atoms with E-state index in [4.69, 9.17) is 9.68 Å². The number of carbonyl (C=O) groups excluding carboxylic acids is 2. The van der Waals surface area contributed by atoms with E-state index in [9.17, 15) is 22.8 Å². The summed E-state index contributed by atoms with van der Waals surface area (Å²) in [5, 5.41) is 12.2. The number of rotatable bonds is 4. The SMILES string of the molecule is N#Cc1ccc(N2CC(C(=O)NC3CC3)C3(CCN(C(=O)c4ccco4)CC3)C2)cc1C(F)(F)F. The van der Waals surface area contributed by atoms with Crippen LogP contribution < -0.4 is 10.2 Å². The van der Waals surface area contributed by atoms with E-state index in [1.165, 1.54) is 18.4 Å². The summed E-state index contributed by atoms with van der Waals surface area (Å²) in [6.45, 7) is 1.55. The molecule has 3 heterocycles. The summed E-state index contributed by atoms with van der Waals surface area (Å²) in [7, 11) is 0. The van der Waals surface area contributed by atoms with Gasteiger partial charge in [-0.05, 0) is 56.0 Å². The van der Waals surface area contributed by atoms with Gasteiger partial charge in [-0.15, -0.1) is 0 Å². The Kier molecular flexibility index (Phi) is 5.74. The zero-order valence-corrected chi connectivity index (χ0v) is 19.0. The zero-order valence-electron chi connectivity index (χ0n) is 19.0. The molecule has 2 saturated heterocycles. The van der Waals surface area contributed by atoms with Crippen LogP contribution in [0, 0.1) is 22.7 Å². The minimum atomic E-state index is -4.65. The predicted molar refractivity (Wildman–Crippen MR) is 119 cm³/mol.